The first-order valence-electron chi connectivity index (χ1n) is 9.54. The third kappa shape index (κ3) is 9.43. The molecule has 0 unspecified atom stereocenters. The van der Waals surface area contributed by atoms with Gasteiger partial charge in [0.15, 0.2) is 0 Å². The van der Waals surface area contributed by atoms with Crippen LogP contribution in [0.15, 0.2) is 24.3 Å². The highest BCUT2D eigenvalue weighted by atomic mass is 16.5. The van der Waals surface area contributed by atoms with Crippen LogP contribution in [-0.2, 0) is 11.2 Å². The van der Waals surface area contributed by atoms with E-state index < -0.39 is 0 Å². The molecule has 1 aromatic carbocycles. The molecule has 2 heteroatoms. The van der Waals surface area contributed by atoms with Gasteiger partial charge in [-0.1, -0.05) is 77.3 Å². The molecule has 0 N–H and O–H groups in total. The smallest absolute Gasteiger partial charge is 0.338 e. The van der Waals surface area contributed by atoms with Gasteiger partial charge in [0.2, 0.25) is 0 Å². The molecule has 23 heavy (non-hydrogen) atoms. The lowest BCUT2D eigenvalue weighted by atomic mass is 10.0. The Labute approximate surface area is 142 Å². The minimum absolute atomic E-state index is 0.187. The molecule has 0 bridgehead atoms. The fourth-order valence-electron chi connectivity index (χ4n) is 2.69. The quantitative estimate of drug-likeness (QED) is 0.314. The van der Waals surface area contributed by atoms with Gasteiger partial charge in [0.05, 0.1) is 12.2 Å². The summed E-state index contributed by atoms with van der Waals surface area (Å²) in [5.74, 6) is -0.187. The lowest BCUT2D eigenvalue weighted by Gasteiger charge is -2.06. The Bertz CT molecular complexity index is 408. The van der Waals surface area contributed by atoms with E-state index in [2.05, 4.69) is 26.0 Å². The van der Waals surface area contributed by atoms with E-state index in [-0.39, 0.29) is 5.97 Å². The van der Waals surface area contributed by atoms with Gasteiger partial charge >= 0.3 is 5.97 Å². The highest BCUT2D eigenvalue weighted by molar-refractivity contribution is 5.89. The number of hydrogen-bond acceptors (Lipinski definition) is 2. The monoisotopic (exact) mass is 318 g/mol. The number of unbranched alkanes of at least 4 members (excludes halogenated alkanes) is 8. The topological polar surface area (TPSA) is 26.3 Å². The number of ether oxygens (including phenoxy) is 1. The van der Waals surface area contributed by atoms with Gasteiger partial charge < -0.3 is 4.74 Å². The third-order valence-corrected chi connectivity index (χ3v) is 4.24. The largest absolute Gasteiger partial charge is 0.462 e. The van der Waals surface area contributed by atoms with Crippen molar-refractivity contribution < 1.29 is 9.53 Å². The summed E-state index contributed by atoms with van der Waals surface area (Å²) in [5.41, 5.74) is 1.99. The molecule has 0 aliphatic carbocycles. The molecule has 2 nitrogen and oxygen atoms in total. The highest BCUT2D eigenvalue weighted by Gasteiger charge is 2.06. The summed E-state index contributed by atoms with van der Waals surface area (Å²) < 4.78 is 5.31. The number of aryl methyl sites for hydroxylation is 1. The molecule has 1 rings (SSSR count). The summed E-state index contributed by atoms with van der Waals surface area (Å²) in [7, 11) is 0. The van der Waals surface area contributed by atoms with E-state index >= 15 is 0 Å². The first kappa shape index (κ1) is 19.7. The summed E-state index contributed by atoms with van der Waals surface area (Å²) in [4.78, 5) is 11.9. The Balaban J connectivity index is 2.20. The molecule has 0 heterocycles. The maximum absolute atomic E-state index is 11.9. The average Bonchev–Trinajstić information content (AvgIpc) is 2.58. The Morgan fingerprint density at radius 1 is 0.783 bits per heavy atom. The molecule has 0 saturated carbocycles. The van der Waals surface area contributed by atoms with Crippen LogP contribution in [0.1, 0.15) is 94.0 Å². The van der Waals surface area contributed by atoms with E-state index in [1.807, 2.05) is 12.1 Å². The van der Waals surface area contributed by atoms with Crippen molar-refractivity contribution in [2.24, 2.45) is 0 Å². The number of benzene rings is 1. The van der Waals surface area contributed by atoms with E-state index in [4.69, 9.17) is 4.74 Å². The van der Waals surface area contributed by atoms with Crippen LogP contribution in [-0.4, -0.2) is 12.6 Å². The molecular weight excluding hydrogens is 284 g/mol. The molecule has 130 valence electrons. The van der Waals surface area contributed by atoms with Gasteiger partial charge in [-0.25, -0.2) is 4.79 Å². The molecule has 0 aliphatic rings. The fraction of sp³-hybridized carbons (Fsp3) is 0.667. The molecule has 1 aromatic rings. The lowest BCUT2D eigenvalue weighted by molar-refractivity contribution is 0.0498. The number of rotatable bonds is 13. The summed E-state index contributed by atoms with van der Waals surface area (Å²) in [6, 6.07) is 7.95. The second-order valence-electron chi connectivity index (χ2n) is 6.41. The number of carbonyl (C=O) groups is 1. The molecule has 0 aromatic heterocycles. The minimum Gasteiger partial charge on any atom is -0.462 e. The van der Waals surface area contributed by atoms with E-state index in [1.54, 1.807) is 0 Å². The highest BCUT2D eigenvalue weighted by Crippen LogP contribution is 2.12. The van der Waals surface area contributed by atoms with Crippen LogP contribution in [0.5, 0.6) is 0 Å². The Kier molecular flexibility index (Phi) is 11.3. The van der Waals surface area contributed by atoms with Crippen LogP contribution < -0.4 is 0 Å². The van der Waals surface area contributed by atoms with Gasteiger partial charge in [-0.15, -0.1) is 0 Å². The van der Waals surface area contributed by atoms with Crippen LogP contribution in [0, 0.1) is 0 Å². The van der Waals surface area contributed by atoms with Crippen LogP contribution in [0.25, 0.3) is 0 Å². The van der Waals surface area contributed by atoms with Gasteiger partial charge in [-0.2, -0.15) is 0 Å². The molecular formula is C21H34O2. The molecule has 0 aliphatic heterocycles. The number of carbonyl (C=O) groups excluding carboxylic acids is 1. The van der Waals surface area contributed by atoms with E-state index in [9.17, 15) is 4.79 Å². The summed E-state index contributed by atoms with van der Waals surface area (Å²) in [5, 5.41) is 0. The van der Waals surface area contributed by atoms with E-state index in [1.165, 1.54) is 56.9 Å². The second-order valence-corrected chi connectivity index (χ2v) is 6.41. The zero-order valence-electron chi connectivity index (χ0n) is 15.1. The van der Waals surface area contributed by atoms with Gasteiger partial charge in [0.1, 0.15) is 0 Å². The minimum atomic E-state index is -0.187. The fourth-order valence-corrected chi connectivity index (χ4v) is 2.69. The van der Waals surface area contributed by atoms with Gasteiger partial charge in [0, 0.05) is 0 Å². The van der Waals surface area contributed by atoms with Crippen LogP contribution in [0.3, 0.4) is 0 Å². The van der Waals surface area contributed by atoms with Gasteiger partial charge in [-0.3, -0.25) is 0 Å². The van der Waals surface area contributed by atoms with Crippen molar-refractivity contribution >= 4 is 5.97 Å². The van der Waals surface area contributed by atoms with Crippen molar-refractivity contribution in [1.29, 1.82) is 0 Å². The first-order chi connectivity index (χ1) is 11.3. The molecule has 0 radical (unpaired) electrons. The van der Waals surface area contributed by atoms with Crippen molar-refractivity contribution in [1.82, 2.24) is 0 Å². The second kappa shape index (κ2) is 13.2. The molecule has 0 saturated heterocycles. The SMILES string of the molecule is CCCCCCCCc1ccc(C(=O)OCCCCCC)cc1. The Morgan fingerprint density at radius 2 is 1.35 bits per heavy atom. The van der Waals surface area contributed by atoms with Crippen molar-refractivity contribution in [3.63, 3.8) is 0 Å². The van der Waals surface area contributed by atoms with Crippen LogP contribution in [0.4, 0.5) is 0 Å². The molecule has 0 atom stereocenters. The van der Waals surface area contributed by atoms with Crippen molar-refractivity contribution in [3.05, 3.63) is 35.4 Å². The molecule has 0 amide bonds. The zero-order valence-corrected chi connectivity index (χ0v) is 15.1. The average molecular weight is 319 g/mol. The lowest BCUT2D eigenvalue weighted by Crippen LogP contribution is -2.06. The maximum Gasteiger partial charge on any atom is 0.338 e. The summed E-state index contributed by atoms with van der Waals surface area (Å²) >= 11 is 0. The zero-order chi connectivity index (χ0) is 16.8. The van der Waals surface area contributed by atoms with E-state index in [0.717, 1.165) is 19.3 Å². The first-order valence-corrected chi connectivity index (χ1v) is 9.54. The predicted octanol–water partition coefficient (Wildman–Crippen LogP) is 6.33. The Hall–Kier alpha value is -1.31. The van der Waals surface area contributed by atoms with Crippen LogP contribution >= 0.6 is 0 Å². The number of esters is 1. The third-order valence-electron chi connectivity index (χ3n) is 4.24. The normalized spacial score (nSPS) is 10.7. The van der Waals surface area contributed by atoms with Crippen molar-refractivity contribution in [2.45, 2.75) is 84.5 Å². The van der Waals surface area contributed by atoms with E-state index in [0.29, 0.717) is 12.2 Å². The van der Waals surface area contributed by atoms with Crippen molar-refractivity contribution in [3.8, 4) is 0 Å². The van der Waals surface area contributed by atoms with Gasteiger partial charge in [-0.05, 0) is 37.0 Å². The molecule has 0 spiro atoms. The maximum atomic E-state index is 11.9. The Morgan fingerprint density at radius 3 is 2.00 bits per heavy atom. The molecule has 0 fully saturated rings. The number of hydrogen-bond donors (Lipinski definition) is 0. The van der Waals surface area contributed by atoms with Gasteiger partial charge in [0.25, 0.3) is 0 Å². The standard InChI is InChI=1S/C21H34O2/c1-3-5-7-9-10-11-13-19-14-16-20(17-15-19)21(22)23-18-12-8-6-4-2/h14-17H,3-13,18H2,1-2H3. The summed E-state index contributed by atoms with van der Waals surface area (Å²) in [6.45, 7) is 4.97. The summed E-state index contributed by atoms with van der Waals surface area (Å²) in [6.07, 6.45) is 13.5. The predicted molar refractivity (Wildman–Crippen MR) is 97.9 cm³/mol. The van der Waals surface area contributed by atoms with Crippen molar-refractivity contribution in [2.75, 3.05) is 6.61 Å². The van der Waals surface area contributed by atoms with Crippen LogP contribution in [0.2, 0.25) is 0 Å².